The Morgan fingerprint density at radius 1 is 1.39 bits per heavy atom. The molecule has 10 heteroatoms. The standard InChI is InChI=1S/C23H23FN4O5/c1-2-33-23(32)13(10-25)7-14-11-27(6-5-26-14)20-9-19-16(8-18(20)24)21(29)17(22(30)31)12-28(19)15-3-4-15/h7-9,12,14-15,26H,2-6,11H2,1H3,(H,30,31). The summed E-state index contributed by atoms with van der Waals surface area (Å²) in [6, 6.07) is 4.20. The molecule has 2 N–H and O–H groups in total. The van der Waals surface area contributed by atoms with Crippen LogP contribution < -0.4 is 15.6 Å². The number of pyridine rings is 1. The van der Waals surface area contributed by atoms with Crippen LogP contribution in [-0.2, 0) is 9.53 Å². The molecule has 2 aromatic rings. The first kappa shape index (κ1) is 22.5. The number of hydrogen-bond acceptors (Lipinski definition) is 7. The van der Waals surface area contributed by atoms with Crippen LogP contribution in [0.3, 0.4) is 0 Å². The predicted molar refractivity (Wildman–Crippen MR) is 118 cm³/mol. The van der Waals surface area contributed by atoms with Gasteiger partial charge < -0.3 is 24.6 Å². The number of carboxylic acid groups (broad SMARTS) is 1. The van der Waals surface area contributed by atoms with E-state index in [1.54, 1.807) is 22.5 Å². The second-order valence-corrected chi connectivity index (χ2v) is 8.06. The lowest BCUT2D eigenvalue weighted by Crippen LogP contribution is -2.50. The van der Waals surface area contributed by atoms with Gasteiger partial charge in [-0.25, -0.2) is 14.0 Å². The number of esters is 1. The Kier molecular flexibility index (Phi) is 6.16. The Labute approximate surface area is 188 Å². The largest absolute Gasteiger partial charge is 0.477 e. The van der Waals surface area contributed by atoms with E-state index in [9.17, 15) is 24.8 Å². The summed E-state index contributed by atoms with van der Waals surface area (Å²) in [5.41, 5.74) is -0.461. The topological polar surface area (TPSA) is 125 Å². The molecular formula is C23H23FN4O5. The normalized spacial score (nSPS) is 18.8. The summed E-state index contributed by atoms with van der Waals surface area (Å²) in [6.07, 6.45) is 4.53. The zero-order chi connectivity index (χ0) is 23.7. The zero-order valence-corrected chi connectivity index (χ0v) is 18.0. The van der Waals surface area contributed by atoms with Crippen molar-refractivity contribution in [1.29, 1.82) is 5.26 Å². The third kappa shape index (κ3) is 4.45. The number of carbonyl (C=O) groups excluding carboxylic acids is 1. The van der Waals surface area contributed by atoms with Crippen LogP contribution in [0.2, 0.25) is 0 Å². The third-order valence-corrected chi connectivity index (χ3v) is 5.80. The van der Waals surface area contributed by atoms with E-state index in [0.29, 0.717) is 18.6 Å². The van der Waals surface area contributed by atoms with Gasteiger partial charge in [0, 0.05) is 43.3 Å². The maximum Gasteiger partial charge on any atom is 0.348 e. The van der Waals surface area contributed by atoms with Crippen LogP contribution >= 0.6 is 0 Å². The molecule has 2 aliphatic rings. The van der Waals surface area contributed by atoms with E-state index in [4.69, 9.17) is 4.74 Å². The number of anilines is 1. The van der Waals surface area contributed by atoms with E-state index < -0.39 is 29.2 Å². The van der Waals surface area contributed by atoms with Crippen LogP contribution in [0, 0.1) is 17.1 Å². The van der Waals surface area contributed by atoms with Crippen molar-refractivity contribution >= 4 is 28.5 Å². The number of nitriles is 1. The monoisotopic (exact) mass is 454 g/mol. The van der Waals surface area contributed by atoms with Crippen molar-refractivity contribution < 1.29 is 23.8 Å². The number of hydrogen-bond donors (Lipinski definition) is 2. The number of aromatic carboxylic acids is 1. The summed E-state index contributed by atoms with van der Waals surface area (Å²) < 4.78 is 21.8. The lowest BCUT2D eigenvalue weighted by molar-refractivity contribution is -0.138. The predicted octanol–water partition coefficient (Wildman–Crippen LogP) is 1.96. The number of ether oxygens (including phenoxy) is 1. The molecule has 1 aromatic carbocycles. The average Bonchev–Trinajstić information content (AvgIpc) is 3.63. The molecule has 1 aliphatic heterocycles. The highest BCUT2D eigenvalue weighted by atomic mass is 19.1. The minimum absolute atomic E-state index is 0.0312. The molecule has 0 spiro atoms. The summed E-state index contributed by atoms with van der Waals surface area (Å²) in [7, 11) is 0. The van der Waals surface area contributed by atoms with Gasteiger partial charge in [-0.2, -0.15) is 5.26 Å². The SMILES string of the molecule is CCOC(=O)C(C#N)=CC1CN(c2cc3c(cc2F)c(=O)c(C(=O)O)cn3C2CC2)CCN1. The summed E-state index contributed by atoms with van der Waals surface area (Å²) in [6.45, 7) is 3.03. The van der Waals surface area contributed by atoms with Crippen molar-refractivity contribution in [3.05, 3.63) is 51.6 Å². The van der Waals surface area contributed by atoms with Crippen molar-refractivity contribution in [2.24, 2.45) is 0 Å². The number of benzene rings is 1. The molecule has 0 bridgehead atoms. The van der Waals surface area contributed by atoms with Crippen molar-refractivity contribution in [3.8, 4) is 6.07 Å². The molecule has 1 atom stereocenters. The average molecular weight is 454 g/mol. The van der Waals surface area contributed by atoms with Gasteiger partial charge in [0.15, 0.2) is 0 Å². The number of nitrogens with one attached hydrogen (secondary N) is 1. The molecule has 1 aliphatic carbocycles. The van der Waals surface area contributed by atoms with Gasteiger partial charge in [-0.1, -0.05) is 0 Å². The first-order valence-corrected chi connectivity index (χ1v) is 10.7. The number of halogens is 1. The molecule has 1 saturated carbocycles. The van der Waals surface area contributed by atoms with Crippen molar-refractivity contribution in [2.75, 3.05) is 31.1 Å². The molecule has 1 aromatic heterocycles. The fraction of sp³-hybridized carbons (Fsp3) is 0.391. The minimum atomic E-state index is -1.34. The molecule has 33 heavy (non-hydrogen) atoms. The molecule has 4 rings (SSSR count). The Hall–Kier alpha value is -3.71. The Bertz CT molecular complexity index is 1260. The lowest BCUT2D eigenvalue weighted by Gasteiger charge is -2.34. The van der Waals surface area contributed by atoms with Gasteiger partial charge in [-0.15, -0.1) is 0 Å². The quantitative estimate of drug-likeness (QED) is 0.386. The van der Waals surface area contributed by atoms with Gasteiger partial charge in [0.05, 0.1) is 17.8 Å². The van der Waals surface area contributed by atoms with E-state index in [-0.39, 0.29) is 41.4 Å². The van der Waals surface area contributed by atoms with Crippen LogP contribution in [0.1, 0.15) is 36.2 Å². The Balaban J connectivity index is 1.72. The summed E-state index contributed by atoms with van der Waals surface area (Å²) in [5.74, 6) is -2.69. The van der Waals surface area contributed by atoms with E-state index >= 15 is 4.39 Å². The van der Waals surface area contributed by atoms with Crippen LogP contribution in [0.4, 0.5) is 10.1 Å². The van der Waals surface area contributed by atoms with Gasteiger partial charge >= 0.3 is 11.9 Å². The summed E-state index contributed by atoms with van der Waals surface area (Å²) in [4.78, 5) is 37.9. The number of rotatable bonds is 6. The number of carboxylic acids is 1. The highest BCUT2D eigenvalue weighted by Crippen LogP contribution is 2.38. The van der Waals surface area contributed by atoms with Crippen LogP contribution in [-0.4, -0.2) is 53.9 Å². The molecule has 1 saturated heterocycles. The summed E-state index contributed by atoms with van der Waals surface area (Å²) >= 11 is 0. The van der Waals surface area contributed by atoms with E-state index in [1.807, 2.05) is 6.07 Å². The minimum Gasteiger partial charge on any atom is -0.477 e. The van der Waals surface area contributed by atoms with Gasteiger partial charge in [0.25, 0.3) is 0 Å². The van der Waals surface area contributed by atoms with Crippen LogP contribution in [0.25, 0.3) is 10.9 Å². The Morgan fingerprint density at radius 3 is 2.79 bits per heavy atom. The van der Waals surface area contributed by atoms with Gasteiger partial charge in [0.1, 0.15) is 23.0 Å². The van der Waals surface area contributed by atoms with E-state index in [1.165, 1.54) is 12.3 Å². The van der Waals surface area contributed by atoms with Crippen LogP contribution in [0.15, 0.2) is 34.8 Å². The molecule has 1 unspecified atom stereocenters. The smallest absolute Gasteiger partial charge is 0.348 e. The summed E-state index contributed by atoms with van der Waals surface area (Å²) in [5, 5.41) is 21.9. The second-order valence-electron chi connectivity index (χ2n) is 8.06. The number of fused-ring (bicyclic) bond motifs is 1. The fourth-order valence-corrected chi connectivity index (χ4v) is 4.08. The van der Waals surface area contributed by atoms with Crippen molar-refractivity contribution in [1.82, 2.24) is 9.88 Å². The number of aromatic nitrogens is 1. The molecule has 0 amide bonds. The Morgan fingerprint density at radius 2 is 2.15 bits per heavy atom. The number of nitrogens with zero attached hydrogens (tertiary/aromatic N) is 3. The molecule has 0 radical (unpaired) electrons. The maximum absolute atomic E-state index is 15.2. The van der Waals surface area contributed by atoms with E-state index in [0.717, 1.165) is 18.9 Å². The van der Waals surface area contributed by atoms with Crippen LogP contribution in [0.5, 0.6) is 0 Å². The highest BCUT2D eigenvalue weighted by molar-refractivity contribution is 5.94. The van der Waals surface area contributed by atoms with Crippen molar-refractivity contribution in [3.63, 3.8) is 0 Å². The van der Waals surface area contributed by atoms with Gasteiger partial charge in [-0.3, -0.25) is 4.79 Å². The maximum atomic E-state index is 15.2. The number of piperazine rings is 1. The zero-order valence-electron chi connectivity index (χ0n) is 18.0. The number of carbonyl (C=O) groups is 2. The molecule has 2 heterocycles. The second kappa shape index (κ2) is 9.03. The van der Waals surface area contributed by atoms with E-state index in [2.05, 4.69) is 5.32 Å². The molecule has 172 valence electrons. The molecule has 2 fully saturated rings. The van der Waals surface area contributed by atoms with Gasteiger partial charge in [0.2, 0.25) is 5.43 Å². The fourth-order valence-electron chi connectivity index (χ4n) is 4.08. The van der Waals surface area contributed by atoms with Gasteiger partial charge in [-0.05, 0) is 38.0 Å². The molecule has 9 nitrogen and oxygen atoms in total. The third-order valence-electron chi connectivity index (χ3n) is 5.80. The molecular weight excluding hydrogens is 431 g/mol. The van der Waals surface area contributed by atoms with Crippen molar-refractivity contribution in [2.45, 2.75) is 31.8 Å². The first-order valence-electron chi connectivity index (χ1n) is 10.7. The lowest BCUT2D eigenvalue weighted by atomic mass is 10.1. The first-order chi connectivity index (χ1) is 15.8. The highest BCUT2D eigenvalue weighted by Gasteiger charge is 2.29.